The number of hydrogen-bond acceptors (Lipinski definition) is 6. The number of amides is 1. The molecule has 0 spiro atoms. The summed E-state index contributed by atoms with van der Waals surface area (Å²) in [5.74, 6) is 1.63. The normalized spacial score (nSPS) is 14.6. The third-order valence-corrected chi connectivity index (χ3v) is 6.94. The predicted octanol–water partition coefficient (Wildman–Crippen LogP) is 5.31. The highest BCUT2D eigenvalue weighted by Gasteiger charge is 2.34. The molecule has 1 aliphatic rings. The van der Waals surface area contributed by atoms with E-state index in [1.807, 2.05) is 85.8 Å². The van der Waals surface area contributed by atoms with E-state index in [-0.39, 0.29) is 12.5 Å². The largest absolute Gasteiger partial charge is 0.489 e. The SMILES string of the molecule is CC1=C(C(=O)Nc2ccc(I)cc2)C(c2cccc(OCc3ccccc3)c2)n2nc(CCCO)nc2N1. The van der Waals surface area contributed by atoms with Gasteiger partial charge < -0.3 is 20.5 Å². The molecule has 8 nitrogen and oxygen atoms in total. The molecule has 0 radical (unpaired) electrons. The fraction of sp³-hybridized carbons (Fsp3) is 0.207. The standard InChI is InChI=1S/C29H28IN5O3/c1-19-26(28(37)32-23-14-12-22(30)13-15-23)27(35-29(31-19)33-25(34-35)11-6-16-36)21-9-5-10-24(17-21)38-18-20-7-3-2-4-8-20/h2-5,7-10,12-15,17,27,36H,6,11,16,18H2,1H3,(H,32,37)(H,31,33,34). The van der Waals surface area contributed by atoms with E-state index in [1.54, 1.807) is 4.68 Å². The number of halogens is 1. The van der Waals surface area contributed by atoms with E-state index in [1.165, 1.54) is 0 Å². The number of ether oxygens (including phenoxy) is 1. The van der Waals surface area contributed by atoms with E-state index in [9.17, 15) is 9.90 Å². The molecule has 0 saturated heterocycles. The summed E-state index contributed by atoms with van der Waals surface area (Å²) in [7, 11) is 0. The number of benzene rings is 3. The van der Waals surface area contributed by atoms with Gasteiger partial charge >= 0.3 is 0 Å². The summed E-state index contributed by atoms with van der Waals surface area (Å²) in [6, 6.07) is 24.9. The van der Waals surface area contributed by atoms with Crippen molar-refractivity contribution in [3.8, 4) is 5.75 Å². The van der Waals surface area contributed by atoms with E-state index in [0.717, 1.165) is 14.7 Å². The van der Waals surface area contributed by atoms with Gasteiger partial charge in [0.25, 0.3) is 5.91 Å². The average molecular weight is 621 g/mol. The number of aliphatic hydroxyl groups is 1. The highest BCUT2D eigenvalue weighted by molar-refractivity contribution is 14.1. The molecule has 0 saturated carbocycles. The molecule has 38 heavy (non-hydrogen) atoms. The van der Waals surface area contributed by atoms with Crippen molar-refractivity contribution in [2.75, 3.05) is 17.2 Å². The molecular weight excluding hydrogens is 593 g/mol. The first-order valence-corrected chi connectivity index (χ1v) is 13.5. The van der Waals surface area contributed by atoms with Crippen molar-refractivity contribution in [2.45, 2.75) is 32.4 Å². The van der Waals surface area contributed by atoms with E-state index in [2.05, 4.69) is 38.2 Å². The molecule has 5 rings (SSSR count). The van der Waals surface area contributed by atoms with Crippen LogP contribution in [0.25, 0.3) is 0 Å². The first kappa shape index (κ1) is 25.9. The zero-order chi connectivity index (χ0) is 26.5. The molecular formula is C29H28IN5O3. The number of hydrogen-bond donors (Lipinski definition) is 3. The Bertz CT molecular complexity index is 1450. The molecule has 0 aliphatic carbocycles. The lowest BCUT2D eigenvalue weighted by atomic mass is 9.95. The highest BCUT2D eigenvalue weighted by Crippen LogP contribution is 2.37. The average Bonchev–Trinajstić information content (AvgIpc) is 3.34. The van der Waals surface area contributed by atoms with Crippen LogP contribution in [0.5, 0.6) is 5.75 Å². The van der Waals surface area contributed by atoms with Crippen LogP contribution in [0.2, 0.25) is 0 Å². The minimum Gasteiger partial charge on any atom is -0.489 e. The van der Waals surface area contributed by atoms with Gasteiger partial charge in [0.2, 0.25) is 5.95 Å². The first-order chi connectivity index (χ1) is 18.5. The van der Waals surface area contributed by atoms with Crippen LogP contribution in [-0.2, 0) is 17.8 Å². The van der Waals surface area contributed by atoms with Gasteiger partial charge in [0.05, 0.1) is 5.57 Å². The topological polar surface area (TPSA) is 101 Å². The minimum atomic E-state index is -0.522. The van der Waals surface area contributed by atoms with Crippen LogP contribution in [0.3, 0.4) is 0 Å². The number of anilines is 2. The van der Waals surface area contributed by atoms with Crippen molar-refractivity contribution in [3.63, 3.8) is 0 Å². The van der Waals surface area contributed by atoms with Crippen molar-refractivity contribution in [2.24, 2.45) is 0 Å². The Balaban J connectivity index is 1.49. The van der Waals surface area contributed by atoms with Crippen LogP contribution in [0.15, 0.2) is 90.1 Å². The number of rotatable bonds is 9. The fourth-order valence-electron chi connectivity index (χ4n) is 4.39. The third kappa shape index (κ3) is 5.89. The van der Waals surface area contributed by atoms with Gasteiger partial charge in [-0.15, -0.1) is 0 Å². The number of aryl methyl sites for hydroxylation is 1. The maximum atomic E-state index is 13.7. The molecule has 9 heteroatoms. The summed E-state index contributed by atoms with van der Waals surface area (Å²) >= 11 is 2.23. The maximum absolute atomic E-state index is 13.7. The molecule has 1 unspecified atom stereocenters. The second-order valence-electron chi connectivity index (χ2n) is 9.00. The van der Waals surface area contributed by atoms with Gasteiger partial charge in [0, 0.05) is 28.0 Å². The van der Waals surface area contributed by atoms with Crippen molar-refractivity contribution >= 4 is 40.1 Å². The molecule has 0 bridgehead atoms. The van der Waals surface area contributed by atoms with Gasteiger partial charge in [0.15, 0.2) is 5.82 Å². The summed E-state index contributed by atoms with van der Waals surface area (Å²) < 4.78 is 8.93. The quantitative estimate of drug-likeness (QED) is 0.219. The molecule has 1 amide bonds. The summed E-state index contributed by atoms with van der Waals surface area (Å²) in [5.41, 5.74) is 3.86. The van der Waals surface area contributed by atoms with Crippen LogP contribution in [0.4, 0.5) is 11.6 Å². The molecule has 3 aromatic carbocycles. The zero-order valence-electron chi connectivity index (χ0n) is 20.9. The molecule has 194 valence electrons. The second-order valence-corrected chi connectivity index (χ2v) is 10.2. The van der Waals surface area contributed by atoms with Crippen LogP contribution in [0.1, 0.15) is 36.3 Å². The van der Waals surface area contributed by atoms with Crippen molar-refractivity contribution in [1.82, 2.24) is 14.8 Å². The summed E-state index contributed by atoms with van der Waals surface area (Å²) in [5, 5.41) is 20.3. The lowest BCUT2D eigenvalue weighted by Crippen LogP contribution is -2.31. The monoisotopic (exact) mass is 621 g/mol. The van der Waals surface area contributed by atoms with Gasteiger partial charge in [-0.3, -0.25) is 4.79 Å². The minimum absolute atomic E-state index is 0.0580. The molecule has 1 aromatic heterocycles. The maximum Gasteiger partial charge on any atom is 0.255 e. The van der Waals surface area contributed by atoms with Gasteiger partial charge in [-0.25, -0.2) is 4.68 Å². The van der Waals surface area contributed by atoms with Gasteiger partial charge in [-0.1, -0.05) is 42.5 Å². The van der Waals surface area contributed by atoms with Gasteiger partial charge in [-0.05, 0) is 83.5 Å². The Hall–Kier alpha value is -3.70. The van der Waals surface area contributed by atoms with Gasteiger partial charge in [-0.2, -0.15) is 10.1 Å². The lowest BCUT2D eigenvalue weighted by molar-refractivity contribution is -0.113. The number of aliphatic hydroxyl groups excluding tert-OH is 1. The number of carbonyl (C=O) groups is 1. The van der Waals surface area contributed by atoms with Crippen LogP contribution < -0.4 is 15.4 Å². The number of aromatic nitrogens is 3. The molecule has 4 aromatic rings. The van der Waals surface area contributed by atoms with Crippen molar-refractivity contribution < 1.29 is 14.6 Å². The molecule has 2 heterocycles. The zero-order valence-corrected chi connectivity index (χ0v) is 23.1. The number of fused-ring (bicyclic) bond motifs is 1. The second kappa shape index (κ2) is 11.8. The number of nitrogens with zero attached hydrogens (tertiary/aromatic N) is 3. The molecule has 0 fully saturated rings. The Morgan fingerprint density at radius 2 is 1.89 bits per heavy atom. The summed E-state index contributed by atoms with van der Waals surface area (Å²) in [6.45, 7) is 2.37. The van der Waals surface area contributed by atoms with Crippen molar-refractivity contribution in [1.29, 1.82) is 0 Å². The number of carbonyl (C=O) groups excluding carboxylic acids is 1. The van der Waals surface area contributed by atoms with Crippen LogP contribution in [-0.4, -0.2) is 32.4 Å². The third-order valence-electron chi connectivity index (χ3n) is 6.22. The highest BCUT2D eigenvalue weighted by atomic mass is 127. The molecule has 1 atom stereocenters. The first-order valence-electron chi connectivity index (χ1n) is 12.4. The number of nitrogens with one attached hydrogen (secondary N) is 2. The predicted molar refractivity (Wildman–Crippen MR) is 155 cm³/mol. The van der Waals surface area contributed by atoms with E-state index >= 15 is 0 Å². The Labute approximate surface area is 234 Å². The summed E-state index contributed by atoms with van der Waals surface area (Å²) in [4.78, 5) is 18.3. The van der Waals surface area contributed by atoms with E-state index in [0.29, 0.717) is 53.9 Å². The lowest BCUT2D eigenvalue weighted by Gasteiger charge is -2.29. The smallest absolute Gasteiger partial charge is 0.255 e. The Morgan fingerprint density at radius 1 is 1.11 bits per heavy atom. The van der Waals surface area contributed by atoms with Crippen LogP contribution >= 0.6 is 22.6 Å². The number of allylic oxidation sites excluding steroid dienone is 1. The molecule has 3 N–H and O–H groups in total. The Kier molecular flexibility index (Phi) is 8.04. The van der Waals surface area contributed by atoms with E-state index < -0.39 is 6.04 Å². The van der Waals surface area contributed by atoms with Crippen molar-refractivity contribution in [3.05, 3.63) is 111 Å². The van der Waals surface area contributed by atoms with Crippen LogP contribution in [0, 0.1) is 3.57 Å². The van der Waals surface area contributed by atoms with E-state index in [4.69, 9.17) is 9.84 Å². The Morgan fingerprint density at radius 3 is 2.66 bits per heavy atom. The summed E-state index contributed by atoms with van der Waals surface area (Å²) in [6.07, 6.45) is 1.10. The van der Waals surface area contributed by atoms with Gasteiger partial charge in [0.1, 0.15) is 18.4 Å². The molecule has 1 aliphatic heterocycles. The fourth-order valence-corrected chi connectivity index (χ4v) is 4.75.